The first-order chi connectivity index (χ1) is 6.91. The Hall–Kier alpha value is -0.550. The molecule has 0 spiro atoms. The fourth-order valence-corrected chi connectivity index (χ4v) is 2.40. The molecule has 0 atom stereocenters. The van der Waals surface area contributed by atoms with Crippen molar-refractivity contribution in [1.29, 1.82) is 0 Å². The Morgan fingerprint density at radius 3 is 2.20 bits per heavy atom. The molecule has 1 aromatic carbocycles. The van der Waals surface area contributed by atoms with Crippen LogP contribution in [-0.2, 0) is 4.79 Å². The van der Waals surface area contributed by atoms with Gasteiger partial charge in [-0.05, 0) is 44.0 Å². The van der Waals surface area contributed by atoms with E-state index in [0.717, 1.165) is 8.95 Å². The Labute approximate surface area is 106 Å². The summed E-state index contributed by atoms with van der Waals surface area (Å²) in [7, 11) is 0. The minimum Gasteiger partial charge on any atom is -0.399 e. The Kier molecular flexibility index (Phi) is 4.16. The van der Waals surface area contributed by atoms with Crippen molar-refractivity contribution in [3.05, 3.63) is 21.1 Å². The predicted molar refractivity (Wildman–Crippen MR) is 69.7 cm³/mol. The second-order valence-electron chi connectivity index (χ2n) is 3.50. The van der Waals surface area contributed by atoms with Gasteiger partial charge >= 0.3 is 0 Å². The van der Waals surface area contributed by atoms with Gasteiger partial charge in [0.2, 0.25) is 5.91 Å². The normalized spacial score (nSPS) is 10.5. The van der Waals surface area contributed by atoms with Gasteiger partial charge in [0, 0.05) is 20.6 Å². The van der Waals surface area contributed by atoms with Crippen LogP contribution >= 0.6 is 31.9 Å². The largest absolute Gasteiger partial charge is 0.399 e. The van der Waals surface area contributed by atoms with E-state index < -0.39 is 0 Å². The van der Waals surface area contributed by atoms with Crippen molar-refractivity contribution in [3.8, 4) is 0 Å². The molecule has 82 valence electrons. The molecule has 0 heterocycles. The first-order valence-corrected chi connectivity index (χ1v) is 6.05. The zero-order valence-corrected chi connectivity index (χ0v) is 11.6. The summed E-state index contributed by atoms with van der Waals surface area (Å²) in [4.78, 5) is 11.5. The molecule has 0 aliphatic carbocycles. The Morgan fingerprint density at radius 2 is 1.80 bits per heavy atom. The molecule has 1 amide bonds. The van der Waals surface area contributed by atoms with Gasteiger partial charge in [-0.15, -0.1) is 0 Å². The number of carbonyl (C=O) groups is 1. The maximum Gasteiger partial charge on any atom is 0.226 e. The van der Waals surface area contributed by atoms with Gasteiger partial charge in [-0.1, -0.05) is 13.8 Å². The van der Waals surface area contributed by atoms with Crippen LogP contribution in [0.1, 0.15) is 13.8 Å². The number of hydrogen-bond donors (Lipinski definition) is 2. The lowest BCUT2D eigenvalue weighted by atomic mass is 10.2. The minimum atomic E-state index is -0.0543. The molecule has 0 radical (unpaired) electrons. The van der Waals surface area contributed by atoms with Gasteiger partial charge in [0.25, 0.3) is 0 Å². The summed E-state index contributed by atoms with van der Waals surface area (Å²) in [5.74, 6) is -0.0810. The lowest BCUT2D eigenvalue weighted by molar-refractivity contribution is -0.118. The molecule has 5 heteroatoms. The number of halogens is 2. The molecule has 1 aromatic rings. The molecule has 0 aromatic heterocycles. The number of nitrogens with one attached hydrogen (secondary N) is 1. The highest BCUT2D eigenvalue weighted by molar-refractivity contribution is 9.11. The average Bonchev–Trinajstić information content (AvgIpc) is 2.10. The number of carbonyl (C=O) groups excluding carboxylic acids is 1. The van der Waals surface area contributed by atoms with E-state index >= 15 is 0 Å². The molecule has 0 aliphatic heterocycles. The monoisotopic (exact) mass is 334 g/mol. The van der Waals surface area contributed by atoms with E-state index in [9.17, 15) is 4.79 Å². The summed E-state index contributed by atoms with van der Waals surface area (Å²) >= 11 is 6.70. The van der Waals surface area contributed by atoms with Crippen molar-refractivity contribution in [1.82, 2.24) is 0 Å². The Bertz CT molecular complexity index is 368. The maximum atomic E-state index is 11.5. The number of rotatable bonds is 2. The number of nitrogen functional groups attached to an aromatic ring is 1. The third-order valence-corrected chi connectivity index (χ3v) is 3.09. The predicted octanol–water partition coefficient (Wildman–Crippen LogP) is 3.39. The van der Waals surface area contributed by atoms with Crippen molar-refractivity contribution in [2.75, 3.05) is 11.1 Å². The fraction of sp³-hybridized carbons (Fsp3) is 0.300. The minimum absolute atomic E-state index is 0.0267. The third kappa shape index (κ3) is 3.21. The molecule has 15 heavy (non-hydrogen) atoms. The summed E-state index contributed by atoms with van der Waals surface area (Å²) in [6.07, 6.45) is 0. The molecule has 0 bridgehead atoms. The molecule has 1 rings (SSSR count). The second kappa shape index (κ2) is 4.99. The lowest BCUT2D eigenvalue weighted by Gasteiger charge is -2.12. The average molecular weight is 336 g/mol. The van der Waals surface area contributed by atoms with Crippen LogP contribution in [0.4, 0.5) is 11.4 Å². The van der Waals surface area contributed by atoms with Crippen molar-refractivity contribution in [3.63, 3.8) is 0 Å². The highest BCUT2D eigenvalue weighted by Crippen LogP contribution is 2.33. The number of hydrogen-bond acceptors (Lipinski definition) is 2. The topological polar surface area (TPSA) is 55.1 Å². The van der Waals surface area contributed by atoms with Gasteiger partial charge in [0.05, 0.1) is 5.69 Å². The fourth-order valence-electron chi connectivity index (χ4n) is 0.980. The SMILES string of the molecule is CC(C)C(=O)Nc1c(Br)cc(N)cc1Br. The highest BCUT2D eigenvalue weighted by Gasteiger charge is 2.12. The number of amides is 1. The van der Waals surface area contributed by atoms with Gasteiger partial charge in [-0.3, -0.25) is 4.79 Å². The van der Waals surface area contributed by atoms with Gasteiger partial charge in [-0.2, -0.15) is 0 Å². The molecule has 0 saturated carbocycles. The van der Waals surface area contributed by atoms with E-state index in [2.05, 4.69) is 37.2 Å². The van der Waals surface area contributed by atoms with Gasteiger partial charge in [-0.25, -0.2) is 0 Å². The quantitative estimate of drug-likeness (QED) is 0.814. The van der Waals surface area contributed by atoms with Crippen LogP contribution in [0.3, 0.4) is 0 Å². The molecule has 0 unspecified atom stereocenters. The van der Waals surface area contributed by atoms with Gasteiger partial charge in [0.15, 0.2) is 0 Å². The zero-order valence-electron chi connectivity index (χ0n) is 8.47. The van der Waals surface area contributed by atoms with Crippen molar-refractivity contribution in [2.24, 2.45) is 5.92 Å². The Morgan fingerprint density at radius 1 is 1.33 bits per heavy atom. The summed E-state index contributed by atoms with van der Waals surface area (Å²) in [5, 5.41) is 2.82. The molecule has 0 fully saturated rings. The molecule has 3 N–H and O–H groups in total. The number of nitrogens with two attached hydrogens (primary N) is 1. The molecule has 3 nitrogen and oxygen atoms in total. The van der Waals surface area contributed by atoms with Crippen LogP contribution in [0.15, 0.2) is 21.1 Å². The van der Waals surface area contributed by atoms with Crippen LogP contribution in [0, 0.1) is 5.92 Å². The summed E-state index contributed by atoms with van der Waals surface area (Å²) in [5.41, 5.74) is 6.99. The summed E-state index contributed by atoms with van der Waals surface area (Å²) in [6, 6.07) is 3.50. The summed E-state index contributed by atoms with van der Waals surface area (Å²) in [6.45, 7) is 3.68. The first kappa shape index (κ1) is 12.5. The van der Waals surface area contributed by atoms with Crippen molar-refractivity contribution in [2.45, 2.75) is 13.8 Å². The van der Waals surface area contributed by atoms with E-state index in [1.807, 2.05) is 13.8 Å². The van der Waals surface area contributed by atoms with Crippen LogP contribution in [0.25, 0.3) is 0 Å². The molecular formula is C10H12Br2N2O. The van der Waals surface area contributed by atoms with E-state index in [-0.39, 0.29) is 11.8 Å². The van der Waals surface area contributed by atoms with Crippen LogP contribution in [0.5, 0.6) is 0 Å². The molecular weight excluding hydrogens is 324 g/mol. The summed E-state index contributed by atoms with van der Waals surface area (Å²) < 4.78 is 1.53. The molecule has 0 saturated heterocycles. The van der Waals surface area contributed by atoms with E-state index in [0.29, 0.717) is 11.4 Å². The van der Waals surface area contributed by atoms with Crippen molar-refractivity contribution < 1.29 is 4.79 Å². The standard InChI is InChI=1S/C10H12Br2N2O/c1-5(2)10(15)14-9-7(11)3-6(13)4-8(9)12/h3-5H,13H2,1-2H3,(H,14,15). The third-order valence-electron chi connectivity index (χ3n) is 1.84. The van der Waals surface area contributed by atoms with Crippen LogP contribution in [-0.4, -0.2) is 5.91 Å². The Balaban J connectivity index is 3.00. The van der Waals surface area contributed by atoms with E-state index in [1.54, 1.807) is 12.1 Å². The van der Waals surface area contributed by atoms with E-state index in [4.69, 9.17) is 5.73 Å². The zero-order chi connectivity index (χ0) is 11.6. The first-order valence-electron chi connectivity index (χ1n) is 4.47. The highest BCUT2D eigenvalue weighted by atomic mass is 79.9. The van der Waals surface area contributed by atoms with Crippen LogP contribution in [0.2, 0.25) is 0 Å². The van der Waals surface area contributed by atoms with Gasteiger partial charge in [0.1, 0.15) is 0 Å². The molecule has 0 aliphatic rings. The second-order valence-corrected chi connectivity index (χ2v) is 5.21. The van der Waals surface area contributed by atoms with Gasteiger partial charge < -0.3 is 11.1 Å². The van der Waals surface area contributed by atoms with E-state index in [1.165, 1.54) is 0 Å². The van der Waals surface area contributed by atoms with Crippen molar-refractivity contribution >= 4 is 49.1 Å². The number of anilines is 2. The lowest BCUT2D eigenvalue weighted by Crippen LogP contribution is -2.18. The van der Waals surface area contributed by atoms with Crippen LogP contribution < -0.4 is 11.1 Å². The maximum absolute atomic E-state index is 11.5. The number of benzene rings is 1. The smallest absolute Gasteiger partial charge is 0.226 e.